The SMILES string of the molecule is C[C@@H]1CC(=O)N[C@]1(C)C(=O)OC(C)(C)C. The molecule has 0 aliphatic carbocycles. The van der Waals surface area contributed by atoms with E-state index in [1.54, 1.807) is 6.92 Å². The van der Waals surface area contributed by atoms with E-state index in [0.717, 1.165) is 0 Å². The molecule has 4 nitrogen and oxygen atoms in total. The second kappa shape index (κ2) is 3.51. The molecule has 1 fully saturated rings. The molecule has 0 aromatic carbocycles. The molecule has 0 spiro atoms. The second-order valence-electron chi connectivity index (χ2n) is 5.36. The zero-order valence-electron chi connectivity index (χ0n) is 10.0. The van der Waals surface area contributed by atoms with E-state index in [4.69, 9.17) is 4.74 Å². The molecule has 1 rings (SSSR count). The van der Waals surface area contributed by atoms with Crippen LogP contribution < -0.4 is 5.32 Å². The van der Waals surface area contributed by atoms with Crippen LogP contribution in [0.3, 0.4) is 0 Å². The van der Waals surface area contributed by atoms with Gasteiger partial charge in [-0.3, -0.25) is 4.79 Å². The number of hydrogen-bond acceptors (Lipinski definition) is 3. The van der Waals surface area contributed by atoms with Gasteiger partial charge in [0.1, 0.15) is 11.1 Å². The van der Waals surface area contributed by atoms with Crippen molar-refractivity contribution in [1.82, 2.24) is 5.32 Å². The van der Waals surface area contributed by atoms with E-state index in [1.165, 1.54) is 0 Å². The largest absolute Gasteiger partial charge is 0.458 e. The summed E-state index contributed by atoms with van der Waals surface area (Å²) in [5.41, 5.74) is -1.39. The van der Waals surface area contributed by atoms with E-state index >= 15 is 0 Å². The molecule has 2 atom stereocenters. The topological polar surface area (TPSA) is 55.4 Å². The predicted molar refractivity (Wildman–Crippen MR) is 56.2 cm³/mol. The lowest BCUT2D eigenvalue weighted by Crippen LogP contribution is -2.52. The fourth-order valence-electron chi connectivity index (χ4n) is 1.58. The highest BCUT2D eigenvalue weighted by Gasteiger charge is 2.48. The number of ether oxygens (including phenoxy) is 1. The summed E-state index contributed by atoms with van der Waals surface area (Å²) in [6, 6.07) is 0. The summed E-state index contributed by atoms with van der Waals surface area (Å²) in [6.45, 7) is 9.04. The lowest BCUT2D eigenvalue weighted by atomic mass is 9.89. The van der Waals surface area contributed by atoms with Crippen molar-refractivity contribution >= 4 is 11.9 Å². The highest BCUT2D eigenvalue weighted by Crippen LogP contribution is 2.29. The Bertz CT molecular complexity index is 293. The first-order valence-corrected chi connectivity index (χ1v) is 5.19. The minimum absolute atomic E-state index is 0.0279. The molecule has 0 bridgehead atoms. The van der Waals surface area contributed by atoms with Crippen LogP contribution in [0.1, 0.15) is 41.0 Å². The lowest BCUT2D eigenvalue weighted by Gasteiger charge is -2.30. The number of carbonyl (C=O) groups excluding carboxylic acids is 2. The van der Waals surface area contributed by atoms with Crippen molar-refractivity contribution in [1.29, 1.82) is 0 Å². The summed E-state index contributed by atoms with van der Waals surface area (Å²) < 4.78 is 5.29. The van der Waals surface area contributed by atoms with Gasteiger partial charge in [-0.05, 0) is 33.6 Å². The summed E-state index contributed by atoms with van der Waals surface area (Å²) in [7, 11) is 0. The zero-order valence-corrected chi connectivity index (χ0v) is 10.0. The van der Waals surface area contributed by atoms with Crippen molar-refractivity contribution in [2.24, 2.45) is 5.92 Å². The zero-order chi connectivity index (χ0) is 11.9. The van der Waals surface area contributed by atoms with E-state index in [1.807, 2.05) is 27.7 Å². The van der Waals surface area contributed by atoms with Gasteiger partial charge in [-0.1, -0.05) is 6.92 Å². The number of rotatable bonds is 1. The monoisotopic (exact) mass is 213 g/mol. The predicted octanol–water partition coefficient (Wildman–Crippen LogP) is 1.24. The van der Waals surface area contributed by atoms with Gasteiger partial charge in [0.25, 0.3) is 0 Å². The minimum atomic E-state index is -0.871. The maximum Gasteiger partial charge on any atom is 0.332 e. The van der Waals surface area contributed by atoms with Crippen LogP contribution in [0.2, 0.25) is 0 Å². The Labute approximate surface area is 90.4 Å². The summed E-state index contributed by atoms with van der Waals surface area (Å²) in [6.07, 6.45) is 0.385. The summed E-state index contributed by atoms with van der Waals surface area (Å²) >= 11 is 0. The molecule has 1 saturated heterocycles. The molecule has 1 aliphatic heterocycles. The van der Waals surface area contributed by atoms with E-state index in [-0.39, 0.29) is 17.8 Å². The van der Waals surface area contributed by atoms with Crippen LogP contribution in [0.15, 0.2) is 0 Å². The molecule has 86 valence electrons. The van der Waals surface area contributed by atoms with Crippen LogP contribution in [0.4, 0.5) is 0 Å². The maximum atomic E-state index is 11.9. The average Bonchev–Trinajstić information content (AvgIpc) is 2.23. The van der Waals surface area contributed by atoms with Crippen molar-refractivity contribution in [3.05, 3.63) is 0 Å². The molecule has 0 aromatic heterocycles. The molecule has 0 aromatic rings. The number of hydrogen-bond donors (Lipinski definition) is 1. The third kappa shape index (κ3) is 2.49. The number of nitrogens with one attached hydrogen (secondary N) is 1. The van der Waals surface area contributed by atoms with E-state index < -0.39 is 11.1 Å². The van der Waals surface area contributed by atoms with Gasteiger partial charge in [0.05, 0.1) is 0 Å². The normalized spacial score (nSPS) is 31.3. The van der Waals surface area contributed by atoms with Gasteiger partial charge in [-0.25, -0.2) is 4.79 Å². The first-order valence-electron chi connectivity index (χ1n) is 5.19. The minimum Gasteiger partial charge on any atom is -0.458 e. The van der Waals surface area contributed by atoms with E-state index in [2.05, 4.69) is 5.32 Å². The van der Waals surface area contributed by atoms with Crippen LogP contribution in [0.25, 0.3) is 0 Å². The number of esters is 1. The van der Waals surface area contributed by atoms with Gasteiger partial charge in [0, 0.05) is 6.42 Å². The summed E-state index contributed by atoms with van der Waals surface area (Å²) in [4.78, 5) is 23.1. The smallest absolute Gasteiger partial charge is 0.332 e. The van der Waals surface area contributed by atoms with Gasteiger partial charge in [0.15, 0.2) is 0 Å². The molecular formula is C11H19NO3. The first-order chi connectivity index (χ1) is 6.65. The highest BCUT2D eigenvalue weighted by atomic mass is 16.6. The van der Waals surface area contributed by atoms with Gasteiger partial charge >= 0.3 is 5.97 Å². The molecule has 1 N–H and O–H groups in total. The van der Waals surface area contributed by atoms with Gasteiger partial charge in [-0.2, -0.15) is 0 Å². The van der Waals surface area contributed by atoms with E-state index in [9.17, 15) is 9.59 Å². The Balaban J connectivity index is 2.78. The van der Waals surface area contributed by atoms with Crippen LogP contribution in [0.5, 0.6) is 0 Å². The maximum absolute atomic E-state index is 11.9. The van der Waals surface area contributed by atoms with Crippen molar-refractivity contribution in [2.45, 2.75) is 52.2 Å². The Hall–Kier alpha value is -1.06. The Morgan fingerprint density at radius 1 is 1.53 bits per heavy atom. The molecule has 1 aliphatic rings. The highest BCUT2D eigenvalue weighted by molar-refractivity contribution is 5.92. The van der Waals surface area contributed by atoms with Gasteiger partial charge in [0.2, 0.25) is 5.91 Å². The number of amides is 1. The molecular weight excluding hydrogens is 194 g/mol. The molecule has 15 heavy (non-hydrogen) atoms. The average molecular weight is 213 g/mol. The lowest BCUT2D eigenvalue weighted by molar-refractivity contribution is -0.164. The van der Waals surface area contributed by atoms with Crippen LogP contribution >= 0.6 is 0 Å². The van der Waals surface area contributed by atoms with Gasteiger partial charge in [-0.15, -0.1) is 0 Å². The number of carbonyl (C=O) groups is 2. The quantitative estimate of drug-likeness (QED) is 0.667. The Kier molecular flexibility index (Phi) is 2.81. The second-order valence-corrected chi connectivity index (χ2v) is 5.36. The molecule has 0 saturated carbocycles. The fraction of sp³-hybridized carbons (Fsp3) is 0.818. The van der Waals surface area contributed by atoms with Crippen LogP contribution in [0, 0.1) is 5.92 Å². The Morgan fingerprint density at radius 3 is 2.40 bits per heavy atom. The third-order valence-electron chi connectivity index (χ3n) is 2.70. The molecule has 1 amide bonds. The third-order valence-corrected chi connectivity index (χ3v) is 2.70. The fourth-order valence-corrected chi connectivity index (χ4v) is 1.58. The summed E-state index contributed by atoms with van der Waals surface area (Å²) in [5, 5.41) is 2.69. The molecule has 0 radical (unpaired) electrons. The van der Waals surface area contributed by atoms with Crippen molar-refractivity contribution in [2.75, 3.05) is 0 Å². The molecule has 1 heterocycles. The van der Waals surface area contributed by atoms with Crippen molar-refractivity contribution in [3.63, 3.8) is 0 Å². The standard InChI is InChI=1S/C11H19NO3/c1-7-6-8(13)12-11(7,5)9(14)15-10(2,3)4/h7H,6H2,1-5H3,(H,12,13)/t7-,11+/m1/s1. The Morgan fingerprint density at radius 2 is 2.07 bits per heavy atom. The molecule has 0 unspecified atom stereocenters. The van der Waals surface area contributed by atoms with E-state index in [0.29, 0.717) is 6.42 Å². The molecule has 4 heteroatoms. The summed E-state index contributed by atoms with van der Waals surface area (Å²) in [5.74, 6) is -0.468. The van der Waals surface area contributed by atoms with Crippen molar-refractivity contribution < 1.29 is 14.3 Å². The first kappa shape index (κ1) is 12.0. The van der Waals surface area contributed by atoms with Crippen molar-refractivity contribution in [3.8, 4) is 0 Å². The van der Waals surface area contributed by atoms with Crippen LogP contribution in [-0.2, 0) is 14.3 Å². The van der Waals surface area contributed by atoms with Crippen LogP contribution in [-0.4, -0.2) is 23.0 Å². The van der Waals surface area contributed by atoms with Gasteiger partial charge < -0.3 is 10.1 Å².